The Labute approximate surface area is 76.5 Å². The Hall–Kier alpha value is 1.11. The average molecular weight is 162 g/mol. The SMILES string of the molecule is O=[PH]([O-])OCCCO.[Na+]. The zero-order valence-corrected chi connectivity index (χ0v) is 8.29. The minimum Gasteiger partial charge on any atom is -0.781 e. The Morgan fingerprint density at radius 2 is 2.22 bits per heavy atom. The van der Waals surface area contributed by atoms with Crippen molar-refractivity contribution in [1.82, 2.24) is 0 Å². The minimum absolute atomic E-state index is 0. The van der Waals surface area contributed by atoms with Crippen LogP contribution in [-0.2, 0) is 9.09 Å². The molecule has 0 radical (unpaired) electrons. The third-order valence-corrected chi connectivity index (χ3v) is 0.962. The normalized spacial score (nSPS) is 12.2. The van der Waals surface area contributed by atoms with Crippen LogP contribution < -0.4 is 34.5 Å². The Balaban J connectivity index is 0. The van der Waals surface area contributed by atoms with Crippen molar-refractivity contribution in [2.45, 2.75) is 6.42 Å². The number of hydrogen-bond donors (Lipinski definition) is 1. The molecule has 0 aromatic heterocycles. The van der Waals surface area contributed by atoms with Crippen LogP contribution in [0.2, 0.25) is 0 Å². The third-order valence-electron chi connectivity index (χ3n) is 0.522. The zero-order valence-electron chi connectivity index (χ0n) is 5.29. The third kappa shape index (κ3) is 12.3. The Morgan fingerprint density at radius 1 is 1.67 bits per heavy atom. The first-order valence-electron chi connectivity index (χ1n) is 2.22. The summed E-state index contributed by atoms with van der Waals surface area (Å²) in [6.07, 6.45) is 0.374. The van der Waals surface area contributed by atoms with Gasteiger partial charge in [0.2, 0.25) is 0 Å². The van der Waals surface area contributed by atoms with Crippen molar-refractivity contribution < 1.29 is 48.6 Å². The van der Waals surface area contributed by atoms with Crippen molar-refractivity contribution >= 4 is 8.25 Å². The average Bonchev–Trinajstić information content (AvgIpc) is 1.66. The molecule has 0 aliphatic heterocycles. The summed E-state index contributed by atoms with van der Waals surface area (Å²) in [4.78, 5) is 9.64. The largest absolute Gasteiger partial charge is 1.00 e. The Morgan fingerprint density at radius 3 is 2.56 bits per heavy atom. The molecule has 0 aromatic carbocycles. The van der Waals surface area contributed by atoms with Crippen LogP contribution in [0.25, 0.3) is 0 Å². The molecule has 50 valence electrons. The van der Waals surface area contributed by atoms with E-state index in [0.29, 0.717) is 6.42 Å². The fourth-order valence-electron chi connectivity index (χ4n) is 0.220. The molecule has 0 heterocycles. The molecule has 0 saturated heterocycles. The predicted octanol–water partition coefficient (Wildman–Crippen LogP) is -3.86. The van der Waals surface area contributed by atoms with Crippen molar-refractivity contribution in [3.05, 3.63) is 0 Å². The van der Waals surface area contributed by atoms with Gasteiger partial charge in [-0.15, -0.1) is 0 Å². The fourth-order valence-corrected chi connectivity index (χ4v) is 0.531. The molecule has 1 atom stereocenters. The van der Waals surface area contributed by atoms with Gasteiger partial charge in [-0.2, -0.15) is 0 Å². The van der Waals surface area contributed by atoms with E-state index in [1.807, 2.05) is 0 Å². The molecule has 1 unspecified atom stereocenters. The van der Waals surface area contributed by atoms with Gasteiger partial charge in [0.25, 0.3) is 0 Å². The predicted molar refractivity (Wildman–Crippen MR) is 26.7 cm³/mol. The first-order chi connectivity index (χ1) is 3.77. The number of hydrogen-bond acceptors (Lipinski definition) is 4. The Bertz CT molecular complexity index is 78.2. The number of rotatable bonds is 4. The summed E-state index contributed by atoms with van der Waals surface area (Å²) in [5, 5.41) is 8.11. The molecule has 0 amide bonds. The summed E-state index contributed by atoms with van der Waals surface area (Å²) in [7, 11) is -3.02. The van der Waals surface area contributed by atoms with Crippen LogP contribution in [-0.4, -0.2) is 18.3 Å². The zero-order chi connectivity index (χ0) is 6.41. The van der Waals surface area contributed by atoms with E-state index in [0.717, 1.165) is 0 Å². The van der Waals surface area contributed by atoms with Crippen LogP contribution >= 0.6 is 8.25 Å². The first kappa shape index (κ1) is 12.8. The molecule has 6 heteroatoms. The van der Waals surface area contributed by atoms with Crippen molar-refractivity contribution in [2.24, 2.45) is 0 Å². The standard InChI is InChI=1S/C3H9O4P.Na/c4-2-1-3-7-8(5)6;/h4,8H,1-3H2,(H,5,6);/q;+1/p-1. The van der Waals surface area contributed by atoms with E-state index in [2.05, 4.69) is 4.52 Å². The van der Waals surface area contributed by atoms with E-state index in [4.69, 9.17) is 5.11 Å². The van der Waals surface area contributed by atoms with Gasteiger partial charge in [0.05, 0.1) is 6.61 Å². The second-order valence-corrected chi connectivity index (χ2v) is 1.96. The molecular formula is C3H8NaO4P. The van der Waals surface area contributed by atoms with Crippen LogP contribution in [0.1, 0.15) is 6.42 Å². The van der Waals surface area contributed by atoms with Gasteiger partial charge in [0.1, 0.15) is 8.25 Å². The minimum atomic E-state index is -3.02. The molecule has 9 heavy (non-hydrogen) atoms. The molecule has 0 rings (SSSR count). The topological polar surface area (TPSA) is 69.6 Å². The van der Waals surface area contributed by atoms with E-state index in [9.17, 15) is 9.46 Å². The monoisotopic (exact) mass is 162 g/mol. The van der Waals surface area contributed by atoms with Gasteiger partial charge in [-0.25, -0.2) is 0 Å². The van der Waals surface area contributed by atoms with Crippen molar-refractivity contribution in [3.63, 3.8) is 0 Å². The summed E-state index contributed by atoms with van der Waals surface area (Å²) in [5.74, 6) is 0. The summed E-state index contributed by atoms with van der Waals surface area (Å²) in [6, 6.07) is 0. The van der Waals surface area contributed by atoms with Gasteiger partial charge in [-0.3, -0.25) is 0 Å². The fraction of sp³-hybridized carbons (Fsp3) is 1.00. The molecule has 0 aromatic rings. The van der Waals surface area contributed by atoms with Gasteiger partial charge in [-0.1, -0.05) is 0 Å². The summed E-state index contributed by atoms with van der Waals surface area (Å²) < 4.78 is 13.8. The van der Waals surface area contributed by atoms with Gasteiger partial charge in [0, 0.05) is 6.61 Å². The maximum atomic E-state index is 9.64. The molecule has 0 saturated carbocycles. The van der Waals surface area contributed by atoms with E-state index in [1.54, 1.807) is 0 Å². The van der Waals surface area contributed by atoms with Crippen molar-refractivity contribution in [3.8, 4) is 0 Å². The van der Waals surface area contributed by atoms with Gasteiger partial charge in [0.15, 0.2) is 0 Å². The molecule has 4 nitrogen and oxygen atoms in total. The number of aliphatic hydroxyl groups excluding tert-OH is 1. The molecule has 1 N–H and O–H groups in total. The van der Waals surface area contributed by atoms with Gasteiger partial charge < -0.3 is 19.1 Å². The number of aliphatic hydroxyl groups is 1. The van der Waals surface area contributed by atoms with Crippen molar-refractivity contribution in [2.75, 3.05) is 13.2 Å². The maximum Gasteiger partial charge on any atom is 1.00 e. The second kappa shape index (κ2) is 9.11. The molecule has 0 bridgehead atoms. The van der Waals surface area contributed by atoms with Crippen LogP contribution in [0.5, 0.6) is 0 Å². The van der Waals surface area contributed by atoms with Crippen LogP contribution in [0.3, 0.4) is 0 Å². The summed E-state index contributed by atoms with van der Waals surface area (Å²) in [6.45, 7) is 0.0624. The maximum absolute atomic E-state index is 9.64. The van der Waals surface area contributed by atoms with Crippen molar-refractivity contribution in [1.29, 1.82) is 0 Å². The van der Waals surface area contributed by atoms with Gasteiger partial charge in [-0.05, 0) is 6.42 Å². The van der Waals surface area contributed by atoms with Crippen LogP contribution in [0.4, 0.5) is 0 Å². The van der Waals surface area contributed by atoms with Crippen LogP contribution in [0.15, 0.2) is 0 Å². The van der Waals surface area contributed by atoms with E-state index in [-0.39, 0.29) is 42.8 Å². The summed E-state index contributed by atoms with van der Waals surface area (Å²) >= 11 is 0. The smallest absolute Gasteiger partial charge is 0.781 e. The summed E-state index contributed by atoms with van der Waals surface area (Å²) in [5.41, 5.74) is 0. The molecule has 0 aliphatic carbocycles. The molecular weight excluding hydrogens is 154 g/mol. The molecule has 0 aliphatic rings. The Kier molecular flexibility index (Phi) is 12.9. The van der Waals surface area contributed by atoms with E-state index in [1.165, 1.54) is 0 Å². The van der Waals surface area contributed by atoms with E-state index < -0.39 is 8.25 Å². The van der Waals surface area contributed by atoms with Crippen LogP contribution in [0, 0.1) is 0 Å². The second-order valence-electron chi connectivity index (χ2n) is 1.18. The van der Waals surface area contributed by atoms with E-state index >= 15 is 0 Å². The molecule has 0 spiro atoms. The molecule has 0 fully saturated rings. The first-order valence-corrected chi connectivity index (χ1v) is 3.44. The van der Waals surface area contributed by atoms with Gasteiger partial charge >= 0.3 is 29.6 Å². The quantitative estimate of drug-likeness (QED) is 0.261.